The number of rotatable bonds is 5. The molecule has 152 valence electrons. The number of hydrogen-bond donors (Lipinski definition) is 0. The Morgan fingerprint density at radius 2 is 1.90 bits per heavy atom. The third kappa shape index (κ3) is 4.52. The molecule has 3 heterocycles. The molecular formula is C21H24ClN5O2. The molecule has 0 N–H and O–H groups in total. The first kappa shape index (κ1) is 19.7. The van der Waals surface area contributed by atoms with Crippen LogP contribution in [0.1, 0.15) is 11.3 Å². The van der Waals surface area contributed by atoms with Crippen molar-refractivity contribution in [3.63, 3.8) is 0 Å². The number of pyridine rings is 1. The van der Waals surface area contributed by atoms with Crippen molar-refractivity contribution in [3.8, 4) is 5.75 Å². The van der Waals surface area contributed by atoms with Crippen LogP contribution in [-0.2, 0) is 18.4 Å². The summed E-state index contributed by atoms with van der Waals surface area (Å²) < 4.78 is 7.38. The zero-order valence-corrected chi connectivity index (χ0v) is 17.4. The van der Waals surface area contributed by atoms with Crippen LogP contribution in [0.15, 0.2) is 36.5 Å². The standard InChI is InChI=1S/C21H24ClN5O2/c1-15-19-11-16(12-23-21(19)25(2)24-15)13-26-7-9-27(10-8-26)20(28)14-29-18-5-3-17(22)4-6-18/h3-6,11-12H,7-10,13-14H2,1-2H3. The monoisotopic (exact) mass is 413 g/mol. The van der Waals surface area contributed by atoms with Gasteiger partial charge in [-0.25, -0.2) is 4.98 Å². The van der Waals surface area contributed by atoms with Crippen LogP contribution in [0.25, 0.3) is 11.0 Å². The van der Waals surface area contributed by atoms with Crippen LogP contribution < -0.4 is 4.74 Å². The Hall–Kier alpha value is -2.64. The lowest BCUT2D eigenvalue weighted by Gasteiger charge is -2.34. The summed E-state index contributed by atoms with van der Waals surface area (Å²) in [5.41, 5.74) is 3.06. The van der Waals surface area contributed by atoms with Gasteiger partial charge < -0.3 is 9.64 Å². The average molecular weight is 414 g/mol. The highest BCUT2D eigenvalue weighted by atomic mass is 35.5. The normalized spacial score (nSPS) is 15.1. The van der Waals surface area contributed by atoms with Gasteiger partial charge in [0.2, 0.25) is 0 Å². The van der Waals surface area contributed by atoms with Crippen molar-refractivity contribution in [3.05, 3.63) is 52.8 Å². The lowest BCUT2D eigenvalue weighted by atomic mass is 10.2. The Bertz CT molecular complexity index is 1010. The molecule has 1 aromatic carbocycles. The van der Waals surface area contributed by atoms with Crippen molar-refractivity contribution < 1.29 is 9.53 Å². The van der Waals surface area contributed by atoms with E-state index in [1.54, 1.807) is 24.3 Å². The lowest BCUT2D eigenvalue weighted by molar-refractivity contribution is -0.135. The number of aromatic nitrogens is 3. The van der Waals surface area contributed by atoms with E-state index in [0.717, 1.165) is 36.4 Å². The summed E-state index contributed by atoms with van der Waals surface area (Å²) in [6.07, 6.45) is 1.92. The van der Waals surface area contributed by atoms with E-state index in [1.807, 2.05) is 29.7 Å². The van der Waals surface area contributed by atoms with Gasteiger partial charge in [-0.1, -0.05) is 11.6 Å². The Kier molecular flexibility index (Phi) is 5.69. The van der Waals surface area contributed by atoms with Crippen LogP contribution in [-0.4, -0.2) is 63.3 Å². The smallest absolute Gasteiger partial charge is 0.260 e. The van der Waals surface area contributed by atoms with Crippen LogP contribution in [0.4, 0.5) is 0 Å². The van der Waals surface area contributed by atoms with Crippen molar-refractivity contribution in [1.82, 2.24) is 24.6 Å². The topological polar surface area (TPSA) is 63.5 Å². The second-order valence-corrected chi connectivity index (χ2v) is 7.76. The van der Waals surface area contributed by atoms with Crippen LogP contribution in [0, 0.1) is 6.92 Å². The van der Waals surface area contributed by atoms with Crippen LogP contribution >= 0.6 is 11.6 Å². The van der Waals surface area contributed by atoms with Gasteiger partial charge in [0, 0.05) is 56.4 Å². The first-order valence-corrected chi connectivity index (χ1v) is 10.0. The van der Waals surface area contributed by atoms with E-state index >= 15 is 0 Å². The van der Waals surface area contributed by atoms with E-state index < -0.39 is 0 Å². The van der Waals surface area contributed by atoms with Crippen molar-refractivity contribution in [2.24, 2.45) is 7.05 Å². The van der Waals surface area contributed by atoms with Gasteiger partial charge in [0.05, 0.1) is 5.69 Å². The minimum atomic E-state index is 0.00803. The second kappa shape index (κ2) is 8.39. The highest BCUT2D eigenvalue weighted by Crippen LogP contribution is 2.18. The molecule has 29 heavy (non-hydrogen) atoms. The van der Waals surface area contributed by atoms with Crippen LogP contribution in [0.2, 0.25) is 5.02 Å². The van der Waals surface area contributed by atoms with Gasteiger partial charge in [-0.3, -0.25) is 14.4 Å². The van der Waals surface area contributed by atoms with E-state index in [4.69, 9.17) is 16.3 Å². The van der Waals surface area contributed by atoms with Crippen molar-refractivity contribution in [2.75, 3.05) is 32.8 Å². The number of hydrogen-bond acceptors (Lipinski definition) is 5. The van der Waals surface area contributed by atoms with Gasteiger partial charge >= 0.3 is 0 Å². The predicted molar refractivity (Wildman–Crippen MR) is 112 cm³/mol. The highest BCUT2D eigenvalue weighted by Gasteiger charge is 2.22. The minimum absolute atomic E-state index is 0.00803. The number of carbonyl (C=O) groups is 1. The van der Waals surface area contributed by atoms with E-state index in [1.165, 1.54) is 5.56 Å². The highest BCUT2D eigenvalue weighted by molar-refractivity contribution is 6.30. The molecule has 0 aliphatic carbocycles. The molecular weight excluding hydrogens is 390 g/mol. The maximum absolute atomic E-state index is 12.4. The zero-order valence-electron chi connectivity index (χ0n) is 16.6. The van der Waals surface area contributed by atoms with Crippen LogP contribution in [0.3, 0.4) is 0 Å². The van der Waals surface area contributed by atoms with Gasteiger partial charge in [0.25, 0.3) is 5.91 Å². The predicted octanol–water partition coefficient (Wildman–Crippen LogP) is 2.65. The summed E-state index contributed by atoms with van der Waals surface area (Å²) >= 11 is 5.86. The Morgan fingerprint density at radius 1 is 1.17 bits per heavy atom. The number of piperazine rings is 1. The van der Waals surface area contributed by atoms with E-state index in [-0.39, 0.29) is 12.5 Å². The summed E-state index contributed by atoms with van der Waals surface area (Å²) in [6.45, 7) is 5.93. The molecule has 7 nitrogen and oxygen atoms in total. The molecule has 0 spiro atoms. The number of benzene rings is 1. The summed E-state index contributed by atoms with van der Waals surface area (Å²) in [5, 5.41) is 6.17. The Labute approximate surface area is 174 Å². The quantitative estimate of drug-likeness (QED) is 0.643. The van der Waals surface area contributed by atoms with Crippen LogP contribution in [0.5, 0.6) is 5.75 Å². The molecule has 0 radical (unpaired) electrons. The summed E-state index contributed by atoms with van der Waals surface area (Å²) in [6, 6.07) is 9.20. The number of nitrogens with zero attached hydrogens (tertiary/aromatic N) is 5. The molecule has 4 rings (SSSR count). The van der Waals surface area contributed by atoms with Gasteiger partial charge in [-0.2, -0.15) is 5.10 Å². The maximum atomic E-state index is 12.4. The second-order valence-electron chi connectivity index (χ2n) is 7.32. The molecule has 1 aliphatic heterocycles. The maximum Gasteiger partial charge on any atom is 0.260 e. The molecule has 1 amide bonds. The molecule has 0 bridgehead atoms. The number of aryl methyl sites for hydroxylation is 2. The molecule has 0 unspecified atom stereocenters. The van der Waals surface area contributed by atoms with E-state index in [9.17, 15) is 4.79 Å². The first-order valence-electron chi connectivity index (χ1n) is 9.66. The summed E-state index contributed by atoms with van der Waals surface area (Å²) in [7, 11) is 1.91. The molecule has 3 aromatic rings. The van der Waals surface area contributed by atoms with Gasteiger partial charge in [0.1, 0.15) is 5.75 Å². The number of carbonyl (C=O) groups excluding carboxylic acids is 1. The van der Waals surface area contributed by atoms with Gasteiger partial charge in [-0.05, 0) is 42.8 Å². The first-order chi connectivity index (χ1) is 14.0. The average Bonchev–Trinajstić information content (AvgIpc) is 3.01. The van der Waals surface area contributed by atoms with E-state index in [2.05, 4.69) is 21.0 Å². The molecule has 0 saturated carbocycles. The fourth-order valence-electron chi connectivity index (χ4n) is 3.62. The van der Waals surface area contributed by atoms with Gasteiger partial charge in [-0.15, -0.1) is 0 Å². The summed E-state index contributed by atoms with van der Waals surface area (Å²) in [4.78, 5) is 21.2. The Morgan fingerprint density at radius 3 is 2.62 bits per heavy atom. The van der Waals surface area contributed by atoms with Gasteiger partial charge in [0.15, 0.2) is 12.3 Å². The number of ether oxygens (including phenoxy) is 1. The number of amides is 1. The van der Waals surface area contributed by atoms with Crippen molar-refractivity contribution in [2.45, 2.75) is 13.5 Å². The SMILES string of the molecule is Cc1nn(C)c2ncc(CN3CCN(C(=O)COc4ccc(Cl)cc4)CC3)cc12. The molecule has 8 heteroatoms. The lowest BCUT2D eigenvalue weighted by Crippen LogP contribution is -2.49. The fourth-order valence-corrected chi connectivity index (χ4v) is 3.74. The summed E-state index contributed by atoms with van der Waals surface area (Å²) in [5.74, 6) is 0.656. The zero-order chi connectivity index (χ0) is 20.4. The number of halogens is 1. The fraction of sp³-hybridized carbons (Fsp3) is 0.381. The molecule has 1 fully saturated rings. The molecule has 0 atom stereocenters. The molecule has 1 aliphatic rings. The Balaban J connectivity index is 1.28. The molecule has 1 saturated heterocycles. The molecule has 2 aromatic heterocycles. The number of fused-ring (bicyclic) bond motifs is 1. The van der Waals surface area contributed by atoms with E-state index in [0.29, 0.717) is 23.9 Å². The third-order valence-corrected chi connectivity index (χ3v) is 5.48. The minimum Gasteiger partial charge on any atom is -0.484 e. The third-order valence-electron chi connectivity index (χ3n) is 5.23. The van der Waals surface area contributed by atoms with Crippen molar-refractivity contribution >= 4 is 28.5 Å². The van der Waals surface area contributed by atoms with Crippen molar-refractivity contribution in [1.29, 1.82) is 0 Å². The largest absolute Gasteiger partial charge is 0.484 e.